The van der Waals surface area contributed by atoms with Crippen molar-refractivity contribution in [3.05, 3.63) is 50.6 Å². The van der Waals surface area contributed by atoms with E-state index in [2.05, 4.69) is 81.9 Å². The molecule has 0 unspecified atom stereocenters. The SMILES string of the molecule is C[Si](C)(C)/C(Br)=C/C=C\c1ccccc1Br. The summed E-state index contributed by atoms with van der Waals surface area (Å²) >= 11 is 7.18. The molecule has 0 atom stereocenters. The molecule has 1 rings (SSSR count). The zero-order valence-corrected chi connectivity index (χ0v) is 14.0. The van der Waals surface area contributed by atoms with Gasteiger partial charge in [-0.05, 0) is 15.7 Å². The summed E-state index contributed by atoms with van der Waals surface area (Å²) in [6.45, 7) is 6.96. The molecule has 0 N–H and O–H groups in total. The van der Waals surface area contributed by atoms with Gasteiger partial charge in [-0.2, -0.15) is 0 Å². The number of hydrogen-bond acceptors (Lipinski definition) is 0. The number of benzene rings is 1. The number of allylic oxidation sites excluding steroid dienone is 2. The normalized spacial score (nSPS) is 13.4. The molecule has 1 aromatic carbocycles. The lowest BCUT2D eigenvalue weighted by molar-refractivity contribution is 1.60. The summed E-state index contributed by atoms with van der Waals surface area (Å²) in [5.74, 6) is 0. The Balaban J connectivity index is 2.80. The van der Waals surface area contributed by atoms with E-state index in [0.29, 0.717) is 0 Å². The first-order valence-corrected chi connectivity index (χ1v) is 10.3. The topological polar surface area (TPSA) is 0 Å². The molecular formula is C13H16Br2Si. The fourth-order valence-electron chi connectivity index (χ4n) is 1.10. The fourth-order valence-corrected chi connectivity index (χ4v) is 2.26. The molecule has 0 spiro atoms. The van der Waals surface area contributed by atoms with Crippen LogP contribution in [0.25, 0.3) is 6.08 Å². The summed E-state index contributed by atoms with van der Waals surface area (Å²) in [5.41, 5.74) is 1.20. The van der Waals surface area contributed by atoms with Gasteiger partial charge in [0.05, 0.1) is 8.07 Å². The van der Waals surface area contributed by atoms with E-state index in [0.717, 1.165) is 4.47 Å². The van der Waals surface area contributed by atoms with Crippen molar-refractivity contribution in [3.8, 4) is 0 Å². The van der Waals surface area contributed by atoms with Crippen molar-refractivity contribution in [1.29, 1.82) is 0 Å². The standard InChI is InChI=1S/C13H16Br2Si/c1-16(2,3)13(15)10-6-8-11-7-4-5-9-12(11)14/h4-10H,1-3H3/b8-6-,13-10+. The van der Waals surface area contributed by atoms with Crippen molar-refractivity contribution in [3.63, 3.8) is 0 Å². The van der Waals surface area contributed by atoms with Crippen LogP contribution < -0.4 is 0 Å². The minimum Gasteiger partial charge on any atom is -0.0651 e. The van der Waals surface area contributed by atoms with Crippen molar-refractivity contribution in [2.75, 3.05) is 0 Å². The Hall–Kier alpha value is -0.123. The molecule has 86 valence electrons. The average Bonchev–Trinajstić information content (AvgIpc) is 2.19. The Bertz CT molecular complexity index is 414. The smallest absolute Gasteiger partial charge is 0.0651 e. The lowest BCUT2D eigenvalue weighted by Crippen LogP contribution is -2.19. The van der Waals surface area contributed by atoms with Crippen molar-refractivity contribution < 1.29 is 0 Å². The fraction of sp³-hybridized carbons (Fsp3) is 0.231. The van der Waals surface area contributed by atoms with Gasteiger partial charge in [-0.15, -0.1) is 0 Å². The Morgan fingerprint density at radius 2 is 1.81 bits per heavy atom. The van der Waals surface area contributed by atoms with Gasteiger partial charge < -0.3 is 0 Å². The molecule has 3 heteroatoms. The van der Waals surface area contributed by atoms with Gasteiger partial charge in [0.2, 0.25) is 0 Å². The third kappa shape index (κ3) is 4.40. The number of hydrogen-bond donors (Lipinski definition) is 0. The summed E-state index contributed by atoms with van der Waals surface area (Å²) in [6, 6.07) is 8.21. The van der Waals surface area contributed by atoms with Crippen LogP contribution in [0.2, 0.25) is 19.6 Å². The highest BCUT2D eigenvalue weighted by Gasteiger charge is 2.15. The number of halogens is 2. The highest BCUT2D eigenvalue weighted by molar-refractivity contribution is 9.12. The van der Waals surface area contributed by atoms with Gasteiger partial charge in [0.25, 0.3) is 0 Å². The van der Waals surface area contributed by atoms with Gasteiger partial charge in [-0.3, -0.25) is 0 Å². The van der Waals surface area contributed by atoms with Crippen LogP contribution in [0.4, 0.5) is 0 Å². The van der Waals surface area contributed by atoms with Gasteiger partial charge in [0.1, 0.15) is 0 Å². The van der Waals surface area contributed by atoms with Gasteiger partial charge in [0.15, 0.2) is 0 Å². The molecule has 0 aromatic heterocycles. The second kappa shape index (κ2) is 5.99. The van der Waals surface area contributed by atoms with Crippen molar-refractivity contribution >= 4 is 46.0 Å². The van der Waals surface area contributed by atoms with E-state index in [-0.39, 0.29) is 0 Å². The second-order valence-electron chi connectivity index (χ2n) is 4.65. The summed E-state index contributed by atoms with van der Waals surface area (Å²) < 4.78 is 2.46. The predicted molar refractivity (Wildman–Crippen MR) is 83.5 cm³/mol. The van der Waals surface area contributed by atoms with E-state index in [1.54, 1.807) is 0 Å². The highest BCUT2D eigenvalue weighted by Crippen LogP contribution is 2.21. The minimum absolute atomic E-state index is 1.13. The molecule has 0 nitrogen and oxygen atoms in total. The highest BCUT2D eigenvalue weighted by atomic mass is 79.9. The third-order valence-electron chi connectivity index (χ3n) is 2.14. The van der Waals surface area contributed by atoms with Crippen molar-refractivity contribution in [1.82, 2.24) is 0 Å². The van der Waals surface area contributed by atoms with Crippen LogP contribution in [0.1, 0.15) is 5.56 Å². The van der Waals surface area contributed by atoms with Crippen LogP contribution in [0.3, 0.4) is 0 Å². The molecule has 0 radical (unpaired) electrons. The molecule has 0 saturated carbocycles. The van der Waals surface area contributed by atoms with E-state index < -0.39 is 8.07 Å². The quantitative estimate of drug-likeness (QED) is 0.485. The molecular weight excluding hydrogens is 344 g/mol. The van der Waals surface area contributed by atoms with E-state index in [1.165, 1.54) is 9.67 Å². The summed E-state index contributed by atoms with van der Waals surface area (Å²) in [4.78, 5) is 0. The first-order chi connectivity index (χ1) is 7.41. The molecule has 0 aliphatic carbocycles. The summed E-state index contributed by atoms with van der Waals surface area (Å²) in [6.07, 6.45) is 6.37. The Morgan fingerprint density at radius 3 is 2.38 bits per heavy atom. The zero-order valence-electron chi connectivity index (χ0n) is 9.80. The van der Waals surface area contributed by atoms with E-state index in [1.807, 2.05) is 12.1 Å². The Kier molecular flexibility index (Phi) is 5.22. The maximum atomic E-state index is 3.65. The monoisotopic (exact) mass is 358 g/mol. The van der Waals surface area contributed by atoms with Crippen LogP contribution in [0.5, 0.6) is 0 Å². The van der Waals surface area contributed by atoms with Crippen molar-refractivity contribution in [2.24, 2.45) is 0 Å². The van der Waals surface area contributed by atoms with Gasteiger partial charge >= 0.3 is 0 Å². The Morgan fingerprint density at radius 1 is 1.19 bits per heavy atom. The maximum absolute atomic E-state index is 3.65. The van der Waals surface area contributed by atoms with Crippen LogP contribution in [0.15, 0.2) is 45.0 Å². The van der Waals surface area contributed by atoms with Crippen LogP contribution >= 0.6 is 31.9 Å². The molecule has 0 aliphatic rings. The van der Waals surface area contributed by atoms with E-state index >= 15 is 0 Å². The maximum Gasteiger partial charge on any atom is 0.0865 e. The van der Waals surface area contributed by atoms with Crippen LogP contribution in [-0.2, 0) is 0 Å². The lowest BCUT2D eigenvalue weighted by Gasteiger charge is -2.13. The first kappa shape index (κ1) is 13.9. The largest absolute Gasteiger partial charge is 0.0865 e. The lowest BCUT2D eigenvalue weighted by atomic mass is 10.2. The van der Waals surface area contributed by atoms with Crippen molar-refractivity contribution in [2.45, 2.75) is 19.6 Å². The summed E-state index contributed by atoms with van der Waals surface area (Å²) in [7, 11) is -1.20. The predicted octanol–water partition coefficient (Wildman–Crippen LogP) is 5.62. The average molecular weight is 360 g/mol. The van der Waals surface area contributed by atoms with Crippen LogP contribution in [-0.4, -0.2) is 8.07 Å². The molecule has 1 aromatic rings. The number of rotatable bonds is 3. The molecule has 0 bridgehead atoms. The van der Waals surface area contributed by atoms with Crippen LogP contribution in [0, 0.1) is 0 Å². The van der Waals surface area contributed by atoms with E-state index in [9.17, 15) is 0 Å². The molecule has 0 saturated heterocycles. The molecule has 0 heterocycles. The van der Waals surface area contributed by atoms with Gasteiger partial charge in [0, 0.05) is 4.47 Å². The first-order valence-electron chi connectivity index (χ1n) is 5.20. The molecule has 0 amide bonds. The zero-order chi connectivity index (χ0) is 12.2. The molecule has 16 heavy (non-hydrogen) atoms. The minimum atomic E-state index is -1.20. The Labute approximate surface area is 116 Å². The second-order valence-corrected chi connectivity index (χ2v) is 12.1. The molecule has 0 fully saturated rings. The van der Waals surface area contributed by atoms with E-state index in [4.69, 9.17) is 0 Å². The van der Waals surface area contributed by atoms with Gasteiger partial charge in [-0.1, -0.05) is 87.9 Å². The van der Waals surface area contributed by atoms with Gasteiger partial charge in [-0.25, -0.2) is 0 Å². The molecule has 0 aliphatic heterocycles. The third-order valence-corrected chi connectivity index (χ3v) is 8.29. The summed E-state index contributed by atoms with van der Waals surface area (Å²) in [5, 5.41) is 0.